The van der Waals surface area contributed by atoms with Gasteiger partial charge >= 0.3 is 0 Å². The topological polar surface area (TPSA) is 38.3 Å². The molecule has 2 aromatic rings. The molecule has 0 fully saturated rings. The number of rotatable bonds is 4. The van der Waals surface area contributed by atoms with Crippen molar-refractivity contribution in [1.82, 2.24) is 0 Å². The summed E-state index contributed by atoms with van der Waals surface area (Å²) in [5.74, 6) is 0.0502. The summed E-state index contributed by atoms with van der Waals surface area (Å²) in [6.07, 6.45) is -0.642. The van der Waals surface area contributed by atoms with Crippen molar-refractivity contribution in [2.45, 2.75) is 26.9 Å². The van der Waals surface area contributed by atoms with E-state index in [1.54, 1.807) is 26.0 Å². The number of anilines is 1. The third-order valence-corrected chi connectivity index (χ3v) is 3.12. The fourth-order valence-corrected chi connectivity index (χ4v) is 1.95. The third-order valence-electron chi connectivity index (χ3n) is 3.12. The van der Waals surface area contributed by atoms with Gasteiger partial charge in [0.2, 0.25) is 0 Å². The van der Waals surface area contributed by atoms with Gasteiger partial charge in [-0.2, -0.15) is 0 Å². The molecule has 1 amide bonds. The summed E-state index contributed by atoms with van der Waals surface area (Å²) in [6, 6.07) is 11.7. The van der Waals surface area contributed by atoms with Crippen LogP contribution in [-0.4, -0.2) is 12.0 Å². The first-order chi connectivity index (χ1) is 9.95. The van der Waals surface area contributed by atoms with Crippen molar-refractivity contribution in [3.63, 3.8) is 0 Å². The van der Waals surface area contributed by atoms with E-state index in [0.717, 1.165) is 5.56 Å². The lowest BCUT2D eigenvalue weighted by Gasteiger charge is -2.16. The van der Waals surface area contributed by atoms with Crippen LogP contribution >= 0.6 is 0 Å². The zero-order valence-corrected chi connectivity index (χ0v) is 12.3. The Kier molecular flexibility index (Phi) is 4.58. The number of nitrogens with one attached hydrogen (secondary N) is 1. The Morgan fingerprint density at radius 2 is 1.95 bits per heavy atom. The normalized spacial score (nSPS) is 11.8. The number of benzene rings is 2. The van der Waals surface area contributed by atoms with Gasteiger partial charge in [-0.1, -0.05) is 12.1 Å². The average molecular weight is 287 g/mol. The number of ether oxygens (including phenoxy) is 1. The van der Waals surface area contributed by atoms with E-state index in [2.05, 4.69) is 5.32 Å². The van der Waals surface area contributed by atoms with Crippen LogP contribution in [0.4, 0.5) is 10.1 Å². The van der Waals surface area contributed by atoms with Gasteiger partial charge in [0.05, 0.1) is 0 Å². The number of hydrogen-bond donors (Lipinski definition) is 1. The SMILES string of the molecule is Cc1cccc(O[C@@H](C)C(=O)Nc2ccc(F)cc2C)c1. The highest BCUT2D eigenvalue weighted by Crippen LogP contribution is 2.18. The van der Waals surface area contributed by atoms with E-state index in [4.69, 9.17) is 4.74 Å². The van der Waals surface area contributed by atoms with Gasteiger partial charge in [-0.3, -0.25) is 4.79 Å². The molecule has 0 heterocycles. The van der Waals surface area contributed by atoms with E-state index in [0.29, 0.717) is 17.0 Å². The Bertz CT molecular complexity index is 655. The van der Waals surface area contributed by atoms with E-state index < -0.39 is 6.10 Å². The van der Waals surface area contributed by atoms with Crippen molar-refractivity contribution < 1.29 is 13.9 Å². The largest absolute Gasteiger partial charge is 0.481 e. The minimum absolute atomic E-state index is 0.272. The van der Waals surface area contributed by atoms with Crippen LogP contribution in [0.3, 0.4) is 0 Å². The Balaban J connectivity index is 2.02. The summed E-state index contributed by atoms with van der Waals surface area (Å²) in [7, 11) is 0. The monoisotopic (exact) mass is 287 g/mol. The summed E-state index contributed by atoms with van der Waals surface area (Å²) in [5, 5.41) is 2.74. The molecule has 2 aromatic carbocycles. The second-order valence-electron chi connectivity index (χ2n) is 5.03. The van der Waals surface area contributed by atoms with Crippen LogP contribution in [0.1, 0.15) is 18.1 Å². The average Bonchev–Trinajstić information content (AvgIpc) is 2.41. The Morgan fingerprint density at radius 3 is 2.62 bits per heavy atom. The Morgan fingerprint density at radius 1 is 1.19 bits per heavy atom. The smallest absolute Gasteiger partial charge is 0.265 e. The minimum Gasteiger partial charge on any atom is -0.481 e. The minimum atomic E-state index is -0.642. The van der Waals surface area contributed by atoms with Crippen LogP contribution in [0.15, 0.2) is 42.5 Å². The van der Waals surface area contributed by atoms with E-state index in [1.165, 1.54) is 12.1 Å². The molecule has 0 unspecified atom stereocenters. The van der Waals surface area contributed by atoms with Crippen LogP contribution in [0.5, 0.6) is 5.75 Å². The zero-order valence-electron chi connectivity index (χ0n) is 12.3. The molecule has 3 nitrogen and oxygen atoms in total. The summed E-state index contributed by atoms with van der Waals surface area (Å²) in [6.45, 7) is 5.38. The highest BCUT2D eigenvalue weighted by Gasteiger charge is 2.15. The fourth-order valence-electron chi connectivity index (χ4n) is 1.95. The molecule has 0 aliphatic carbocycles. The van der Waals surface area contributed by atoms with Crippen molar-refractivity contribution in [3.8, 4) is 5.75 Å². The molecule has 0 aromatic heterocycles. The van der Waals surface area contributed by atoms with Gasteiger partial charge in [0, 0.05) is 5.69 Å². The molecule has 2 rings (SSSR count). The highest BCUT2D eigenvalue weighted by molar-refractivity contribution is 5.94. The summed E-state index contributed by atoms with van der Waals surface area (Å²) in [4.78, 5) is 12.1. The highest BCUT2D eigenvalue weighted by atomic mass is 19.1. The van der Waals surface area contributed by atoms with E-state index in [9.17, 15) is 9.18 Å². The zero-order chi connectivity index (χ0) is 15.4. The molecule has 21 heavy (non-hydrogen) atoms. The van der Waals surface area contributed by atoms with Crippen LogP contribution in [0.2, 0.25) is 0 Å². The molecule has 110 valence electrons. The lowest BCUT2D eigenvalue weighted by atomic mass is 10.2. The van der Waals surface area contributed by atoms with Crippen LogP contribution in [0.25, 0.3) is 0 Å². The first-order valence-corrected chi connectivity index (χ1v) is 6.76. The van der Waals surface area contributed by atoms with Crippen molar-refractivity contribution in [2.75, 3.05) is 5.32 Å². The number of carbonyl (C=O) groups excluding carboxylic acids is 1. The molecule has 4 heteroatoms. The molecule has 0 radical (unpaired) electrons. The van der Waals surface area contributed by atoms with Crippen molar-refractivity contribution in [3.05, 3.63) is 59.4 Å². The van der Waals surface area contributed by atoms with Crippen molar-refractivity contribution in [2.24, 2.45) is 0 Å². The van der Waals surface area contributed by atoms with Gasteiger partial charge in [0.15, 0.2) is 6.10 Å². The molecular weight excluding hydrogens is 269 g/mol. The molecule has 0 spiro atoms. The number of hydrogen-bond acceptors (Lipinski definition) is 2. The first kappa shape index (κ1) is 15.0. The maximum Gasteiger partial charge on any atom is 0.265 e. The third kappa shape index (κ3) is 4.05. The lowest BCUT2D eigenvalue weighted by molar-refractivity contribution is -0.122. The second-order valence-corrected chi connectivity index (χ2v) is 5.03. The van der Waals surface area contributed by atoms with Gasteiger partial charge in [0.25, 0.3) is 5.91 Å². The quantitative estimate of drug-likeness (QED) is 0.927. The second kappa shape index (κ2) is 6.39. The number of halogens is 1. The van der Waals surface area contributed by atoms with Gasteiger partial charge in [-0.05, 0) is 62.2 Å². The molecule has 1 atom stereocenters. The lowest BCUT2D eigenvalue weighted by Crippen LogP contribution is -2.30. The molecule has 0 saturated carbocycles. The maximum absolute atomic E-state index is 13.0. The molecule has 1 N–H and O–H groups in total. The van der Waals surface area contributed by atoms with Crippen molar-refractivity contribution in [1.29, 1.82) is 0 Å². The molecule has 0 aliphatic heterocycles. The summed E-state index contributed by atoms with van der Waals surface area (Å²) >= 11 is 0. The number of amides is 1. The first-order valence-electron chi connectivity index (χ1n) is 6.76. The van der Waals surface area contributed by atoms with Crippen LogP contribution < -0.4 is 10.1 Å². The van der Waals surface area contributed by atoms with E-state index >= 15 is 0 Å². The summed E-state index contributed by atoms with van der Waals surface area (Å²) in [5.41, 5.74) is 2.32. The van der Waals surface area contributed by atoms with Gasteiger partial charge < -0.3 is 10.1 Å². The Hall–Kier alpha value is -2.36. The standard InChI is InChI=1S/C17H18FNO2/c1-11-5-4-6-15(9-11)21-13(3)17(20)19-16-8-7-14(18)10-12(16)2/h4-10,13H,1-3H3,(H,19,20)/t13-/m0/s1. The van der Waals surface area contributed by atoms with Crippen LogP contribution in [0, 0.1) is 19.7 Å². The molecular formula is C17H18FNO2. The number of carbonyl (C=O) groups is 1. The molecule has 0 bridgehead atoms. The van der Waals surface area contributed by atoms with E-state index in [1.807, 2.05) is 25.1 Å². The van der Waals surface area contributed by atoms with E-state index in [-0.39, 0.29) is 11.7 Å². The van der Waals surface area contributed by atoms with Gasteiger partial charge in [-0.15, -0.1) is 0 Å². The van der Waals surface area contributed by atoms with Crippen LogP contribution in [-0.2, 0) is 4.79 Å². The van der Waals surface area contributed by atoms with Gasteiger partial charge in [0.1, 0.15) is 11.6 Å². The Labute approximate surface area is 123 Å². The van der Waals surface area contributed by atoms with Crippen molar-refractivity contribution >= 4 is 11.6 Å². The number of aryl methyl sites for hydroxylation is 2. The maximum atomic E-state index is 13.0. The fraction of sp³-hybridized carbons (Fsp3) is 0.235. The van der Waals surface area contributed by atoms with Gasteiger partial charge in [-0.25, -0.2) is 4.39 Å². The molecule has 0 aliphatic rings. The predicted octanol–water partition coefficient (Wildman–Crippen LogP) is 3.85. The predicted molar refractivity (Wildman–Crippen MR) is 81.0 cm³/mol. The summed E-state index contributed by atoms with van der Waals surface area (Å²) < 4.78 is 18.6. The molecule has 0 saturated heterocycles.